The molecule has 0 bridgehead atoms. The fourth-order valence-corrected chi connectivity index (χ4v) is 1.39. The number of nitrogens with one attached hydrogen (secondary N) is 2. The van der Waals surface area contributed by atoms with E-state index in [1.807, 2.05) is 6.92 Å². The van der Waals surface area contributed by atoms with E-state index >= 15 is 0 Å². The van der Waals surface area contributed by atoms with Crippen LogP contribution in [0.15, 0.2) is 0 Å². The predicted molar refractivity (Wildman–Crippen MR) is 70.1 cm³/mol. The lowest BCUT2D eigenvalue weighted by Gasteiger charge is -2.23. The minimum atomic E-state index is -0.205. The Labute approximate surface area is 105 Å². The summed E-state index contributed by atoms with van der Waals surface area (Å²) in [7, 11) is 2.05. The highest BCUT2D eigenvalue weighted by atomic mass is 16.3. The molecule has 102 valence electrons. The van der Waals surface area contributed by atoms with Gasteiger partial charge in [0.05, 0.1) is 12.6 Å². The largest absolute Gasteiger partial charge is 0.394 e. The number of aliphatic hydroxyl groups excluding tert-OH is 1. The molecule has 0 aliphatic heterocycles. The summed E-state index contributed by atoms with van der Waals surface area (Å²) in [6.07, 6.45) is 1.84. The summed E-state index contributed by atoms with van der Waals surface area (Å²) in [5, 5.41) is 14.4. The van der Waals surface area contributed by atoms with Crippen LogP contribution >= 0.6 is 0 Å². The smallest absolute Gasteiger partial charge is 0.315 e. The molecular formula is C12H27N3O2. The zero-order valence-electron chi connectivity index (χ0n) is 11.5. The molecule has 0 aromatic carbocycles. The van der Waals surface area contributed by atoms with Crippen LogP contribution in [0.25, 0.3) is 0 Å². The summed E-state index contributed by atoms with van der Waals surface area (Å²) in [4.78, 5) is 13.7. The first-order valence-corrected chi connectivity index (χ1v) is 6.40. The molecule has 0 spiro atoms. The van der Waals surface area contributed by atoms with Gasteiger partial charge in [0.25, 0.3) is 0 Å². The maximum atomic E-state index is 11.4. The van der Waals surface area contributed by atoms with Crippen molar-refractivity contribution >= 4 is 6.03 Å². The number of likely N-dealkylation sites (N-methyl/N-ethyl adjacent to an activating group) is 1. The van der Waals surface area contributed by atoms with Crippen LogP contribution in [0.5, 0.6) is 0 Å². The third-order valence-electron chi connectivity index (χ3n) is 3.14. The number of nitrogens with zero attached hydrogens (tertiary/aromatic N) is 1. The van der Waals surface area contributed by atoms with Gasteiger partial charge in [0.2, 0.25) is 0 Å². The van der Waals surface area contributed by atoms with Crippen molar-refractivity contribution in [2.45, 2.75) is 45.7 Å². The third kappa shape index (κ3) is 7.18. The van der Waals surface area contributed by atoms with Crippen LogP contribution in [0.4, 0.5) is 4.79 Å². The maximum absolute atomic E-state index is 11.4. The molecule has 0 aliphatic rings. The van der Waals surface area contributed by atoms with Gasteiger partial charge in [0.1, 0.15) is 0 Å². The Hall–Kier alpha value is -0.810. The van der Waals surface area contributed by atoms with Gasteiger partial charge in [0.15, 0.2) is 0 Å². The second-order valence-corrected chi connectivity index (χ2v) is 4.43. The lowest BCUT2D eigenvalue weighted by Crippen LogP contribution is -2.46. The summed E-state index contributed by atoms with van der Waals surface area (Å²) >= 11 is 0. The quantitative estimate of drug-likeness (QED) is 0.592. The molecular weight excluding hydrogens is 218 g/mol. The van der Waals surface area contributed by atoms with Gasteiger partial charge in [-0.2, -0.15) is 0 Å². The molecule has 0 aromatic rings. The molecule has 0 saturated heterocycles. The Morgan fingerprint density at radius 2 is 2.00 bits per heavy atom. The van der Waals surface area contributed by atoms with Crippen molar-refractivity contribution in [2.24, 2.45) is 0 Å². The number of carbonyl (C=O) groups excluding carboxylic acids is 1. The highest BCUT2D eigenvalue weighted by Crippen LogP contribution is 1.98. The van der Waals surface area contributed by atoms with Gasteiger partial charge in [-0.05, 0) is 26.8 Å². The Bertz CT molecular complexity index is 208. The highest BCUT2D eigenvalue weighted by molar-refractivity contribution is 5.74. The molecule has 2 amide bonds. The van der Waals surface area contributed by atoms with Gasteiger partial charge in [-0.25, -0.2) is 4.79 Å². The molecule has 17 heavy (non-hydrogen) atoms. The summed E-state index contributed by atoms with van der Waals surface area (Å²) < 4.78 is 0. The first kappa shape index (κ1) is 16.2. The number of rotatable bonds is 8. The van der Waals surface area contributed by atoms with Gasteiger partial charge in [-0.1, -0.05) is 13.8 Å². The Kier molecular flexibility index (Phi) is 8.80. The van der Waals surface area contributed by atoms with E-state index in [2.05, 4.69) is 36.4 Å². The summed E-state index contributed by atoms with van der Waals surface area (Å²) in [6.45, 7) is 7.68. The first-order chi connectivity index (χ1) is 8.04. The van der Waals surface area contributed by atoms with Crippen LogP contribution in [-0.4, -0.2) is 54.9 Å². The van der Waals surface area contributed by atoms with Gasteiger partial charge >= 0.3 is 6.03 Å². The standard InChI is InChI=1S/C12H27N3O2/c1-5-10(3)15(4)8-7-13-12(17)14-11(6-2)9-16/h10-11,16H,5-9H2,1-4H3,(H2,13,14,17). The summed E-state index contributed by atoms with van der Waals surface area (Å²) in [5.74, 6) is 0. The molecule has 5 heteroatoms. The van der Waals surface area contributed by atoms with E-state index in [1.165, 1.54) is 0 Å². The second-order valence-electron chi connectivity index (χ2n) is 4.43. The van der Waals surface area contributed by atoms with E-state index in [4.69, 9.17) is 5.11 Å². The van der Waals surface area contributed by atoms with Crippen molar-refractivity contribution in [3.8, 4) is 0 Å². The summed E-state index contributed by atoms with van der Waals surface area (Å²) in [6, 6.07) is 0.173. The van der Waals surface area contributed by atoms with E-state index in [0.29, 0.717) is 12.6 Å². The van der Waals surface area contributed by atoms with Crippen molar-refractivity contribution in [2.75, 3.05) is 26.7 Å². The van der Waals surface area contributed by atoms with Crippen LogP contribution in [0.3, 0.4) is 0 Å². The predicted octanol–water partition coefficient (Wildman–Crippen LogP) is 0.787. The SMILES string of the molecule is CCC(CO)NC(=O)NCCN(C)C(C)CC. The van der Waals surface area contributed by atoms with Crippen LogP contribution in [0.1, 0.15) is 33.6 Å². The van der Waals surface area contributed by atoms with Crippen LogP contribution in [-0.2, 0) is 0 Å². The van der Waals surface area contributed by atoms with Crippen molar-refractivity contribution in [3.05, 3.63) is 0 Å². The van der Waals surface area contributed by atoms with E-state index in [0.717, 1.165) is 19.4 Å². The number of carbonyl (C=O) groups is 1. The molecule has 0 radical (unpaired) electrons. The van der Waals surface area contributed by atoms with Crippen LogP contribution in [0.2, 0.25) is 0 Å². The number of amides is 2. The lowest BCUT2D eigenvalue weighted by atomic mass is 10.2. The van der Waals surface area contributed by atoms with E-state index in [-0.39, 0.29) is 18.7 Å². The normalized spacial score (nSPS) is 14.5. The van der Waals surface area contributed by atoms with E-state index in [9.17, 15) is 4.79 Å². The molecule has 2 unspecified atom stereocenters. The minimum absolute atomic E-state index is 0.0172. The van der Waals surface area contributed by atoms with Crippen molar-refractivity contribution in [1.82, 2.24) is 15.5 Å². The second kappa shape index (κ2) is 9.24. The maximum Gasteiger partial charge on any atom is 0.315 e. The van der Waals surface area contributed by atoms with Crippen molar-refractivity contribution in [1.29, 1.82) is 0 Å². The van der Waals surface area contributed by atoms with Gasteiger partial charge in [0, 0.05) is 19.1 Å². The van der Waals surface area contributed by atoms with Crippen molar-refractivity contribution < 1.29 is 9.90 Å². The lowest BCUT2D eigenvalue weighted by molar-refractivity contribution is 0.210. The number of hydrogen-bond acceptors (Lipinski definition) is 3. The third-order valence-corrected chi connectivity index (χ3v) is 3.14. The molecule has 5 nitrogen and oxygen atoms in total. The van der Waals surface area contributed by atoms with Crippen molar-refractivity contribution in [3.63, 3.8) is 0 Å². The topological polar surface area (TPSA) is 64.6 Å². The fourth-order valence-electron chi connectivity index (χ4n) is 1.39. The zero-order chi connectivity index (χ0) is 13.3. The Balaban J connectivity index is 3.70. The van der Waals surface area contributed by atoms with E-state index < -0.39 is 0 Å². The first-order valence-electron chi connectivity index (χ1n) is 6.40. The number of aliphatic hydroxyl groups is 1. The average Bonchev–Trinajstić information content (AvgIpc) is 2.34. The van der Waals surface area contributed by atoms with Gasteiger partial charge in [-0.15, -0.1) is 0 Å². The molecule has 0 aliphatic carbocycles. The molecule has 0 fully saturated rings. The number of hydrogen-bond donors (Lipinski definition) is 3. The average molecular weight is 245 g/mol. The molecule has 0 heterocycles. The highest BCUT2D eigenvalue weighted by Gasteiger charge is 2.09. The summed E-state index contributed by atoms with van der Waals surface area (Å²) in [5.41, 5.74) is 0. The number of urea groups is 1. The molecule has 0 rings (SSSR count). The van der Waals surface area contributed by atoms with Crippen LogP contribution in [0, 0.1) is 0 Å². The van der Waals surface area contributed by atoms with E-state index in [1.54, 1.807) is 0 Å². The van der Waals surface area contributed by atoms with Gasteiger partial charge in [-0.3, -0.25) is 0 Å². The Morgan fingerprint density at radius 1 is 1.35 bits per heavy atom. The minimum Gasteiger partial charge on any atom is -0.394 e. The van der Waals surface area contributed by atoms with Crippen LogP contribution < -0.4 is 10.6 Å². The molecule has 2 atom stereocenters. The Morgan fingerprint density at radius 3 is 2.47 bits per heavy atom. The molecule has 3 N–H and O–H groups in total. The zero-order valence-corrected chi connectivity index (χ0v) is 11.5. The monoisotopic (exact) mass is 245 g/mol. The molecule has 0 saturated carbocycles. The fraction of sp³-hybridized carbons (Fsp3) is 0.917. The molecule has 0 aromatic heterocycles. The van der Waals surface area contributed by atoms with Gasteiger partial charge < -0.3 is 20.6 Å².